The number of rotatable bonds is 4. The van der Waals surface area contributed by atoms with Gasteiger partial charge in [-0.1, -0.05) is 39.7 Å². The average Bonchev–Trinajstić information content (AvgIpc) is 2.43. The summed E-state index contributed by atoms with van der Waals surface area (Å²) in [5.74, 6) is 3.80. The van der Waals surface area contributed by atoms with Crippen molar-refractivity contribution in [2.24, 2.45) is 5.84 Å². The number of hydrogen-bond acceptors (Lipinski definition) is 2. The molecule has 2 nitrogen and oxygen atoms in total. The number of halogens is 4. The first-order chi connectivity index (χ1) is 9.52. The molecule has 3 N–H and O–H groups in total. The zero-order chi connectivity index (χ0) is 14.7. The highest BCUT2D eigenvalue weighted by atomic mass is 79.9. The summed E-state index contributed by atoms with van der Waals surface area (Å²) < 4.78 is 27.7. The molecule has 106 valence electrons. The Morgan fingerprint density at radius 3 is 2.70 bits per heavy atom. The van der Waals surface area contributed by atoms with E-state index in [1.165, 1.54) is 12.1 Å². The molecule has 0 saturated carbocycles. The van der Waals surface area contributed by atoms with E-state index in [2.05, 4.69) is 21.4 Å². The maximum absolute atomic E-state index is 13.7. The van der Waals surface area contributed by atoms with Gasteiger partial charge in [0, 0.05) is 9.50 Å². The van der Waals surface area contributed by atoms with Crippen molar-refractivity contribution in [3.8, 4) is 0 Å². The molecule has 0 aliphatic carbocycles. The molecule has 0 radical (unpaired) electrons. The molecule has 0 fully saturated rings. The van der Waals surface area contributed by atoms with Crippen LogP contribution in [0.1, 0.15) is 17.2 Å². The van der Waals surface area contributed by atoms with Crippen LogP contribution in [0.3, 0.4) is 0 Å². The predicted molar refractivity (Wildman–Crippen MR) is 79.3 cm³/mol. The van der Waals surface area contributed by atoms with E-state index in [1.807, 2.05) is 0 Å². The van der Waals surface area contributed by atoms with Gasteiger partial charge in [-0.15, -0.1) is 0 Å². The molecule has 0 saturated heterocycles. The third kappa shape index (κ3) is 3.35. The normalized spacial score (nSPS) is 12.4. The van der Waals surface area contributed by atoms with Crippen molar-refractivity contribution in [2.45, 2.75) is 12.5 Å². The van der Waals surface area contributed by atoms with E-state index in [0.717, 1.165) is 16.1 Å². The molecule has 0 aliphatic rings. The first-order valence-electron chi connectivity index (χ1n) is 5.87. The van der Waals surface area contributed by atoms with Crippen LogP contribution < -0.4 is 11.3 Å². The average molecular weight is 362 g/mol. The lowest BCUT2D eigenvalue weighted by Crippen LogP contribution is -2.30. The lowest BCUT2D eigenvalue weighted by atomic mass is 9.99. The van der Waals surface area contributed by atoms with Crippen LogP contribution in [0.5, 0.6) is 0 Å². The Morgan fingerprint density at radius 1 is 1.25 bits per heavy atom. The Bertz CT molecular complexity index is 622. The second kappa shape index (κ2) is 6.63. The molecule has 0 bridgehead atoms. The fourth-order valence-corrected chi connectivity index (χ4v) is 2.67. The summed E-state index contributed by atoms with van der Waals surface area (Å²) in [5, 5.41) is 0.545. The van der Waals surface area contributed by atoms with Gasteiger partial charge in [0.1, 0.15) is 0 Å². The first-order valence-corrected chi connectivity index (χ1v) is 7.04. The summed E-state index contributed by atoms with van der Waals surface area (Å²) in [6.07, 6.45) is 0.207. The Balaban J connectivity index is 2.34. The standard InChI is InChI=1S/C14H12BrClF2N2/c15-11-5-4-9(16)7-10(11)13(20-19)6-8-2-1-3-12(17)14(8)18/h1-5,7,13,20H,6,19H2. The van der Waals surface area contributed by atoms with Gasteiger partial charge in [0.15, 0.2) is 11.6 Å². The van der Waals surface area contributed by atoms with Crippen molar-refractivity contribution in [2.75, 3.05) is 0 Å². The molecule has 2 aromatic carbocycles. The van der Waals surface area contributed by atoms with Crippen LogP contribution in [0, 0.1) is 11.6 Å². The Kier molecular flexibility index (Phi) is 5.10. The van der Waals surface area contributed by atoms with Gasteiger partial charge in [-0.2, -0.15) is 0 Å². The van der Waals surface area contributed by atoms with Crippen molar-refractivity contribution in [3.05, 3.63) is 68.7 Å². The summed E-state index contributed by atoms with van der Waals surface area (Å²) in [6, 6.07) is 8.93. The number of hydrazine groups is 1. The lowest BCUT2D eigenvalue weighted by molar-refractivity contribution is 0.481. The number of hydrogen-bond donors (Lipinski definition) is 2. The number of nitrogens with one attached hydrogen (secondary N) is 1. The first kappa shape index (κ1) is 15.4. The van der Waals surface area contributed by atoms with Gasteiger partial charge in [0.2, 0.25) is 0 Å². The highest BCUT2D eigenvalue weighted by Crippen LogP contribution is 2.29. The summed E-state index contributed by atoms with van der Waals surface area (Å²) in [6.45, 7) is 0. The van der Waals surface area contributed by atoms with Crippen LogP contribution in [-0.4, -0.2) is 0 Å². The second-order valence-electron chi connectivity index (χ2n) is 4.30. The van der Waals surface area contributed by atoms with Crippen molar-refractivity contribution >= 4 is 27.5 Å². The summed E-state index contributed by atoms with van der Waals surface area (Å²) in [5.41, 5.74) is 3.63. The zero-order valence-electron chi connectivity index (χ0n) is 10.3. The highest BCUT2D eigenvalue weighted by Gasteiger charge is 2.17. The van der Waals surface area contributed by atoms with E-state index < -0.39 is 11.6 Å². The van der Waals surface area contributed by atoms with Crippen LogP contribution in [-0.2, 0) is 6.42 Å². The van der Waals surface area contributed by atoms with E-state index in [1.54, 1.807) is 18.2 Å². The van der Waals surface area contributed by atoms with Crippen molar-refractivity contribution < 1.29 is 8.78 Å². The summed E-state index contributed by atoms with van der Waals surface area (Å²) in [7, 11) is 0. The largest absolute Gasteiger partial charge is 0.271 e. The number of nitrogens with two attached hydrogens (primary N) is 1. The molecule has 20 heavy (non-hydrogen) atoms. The molecular weight excluding hydrogens is 350 g/mol. The maximum Gasteiger partial charge on any atom is 0.162 e. The second-order valence-corrected chi connectivity index (χ2v) is 5.59. The van der Waals surface area contributed by atoms with Crippen molar-refractivity contribution in [1.29, 1.82) is 0 Å². The molecule has 0 heterocycles. The molecular formula is C14H12BrClF2N2. The van der Waals surface area contributed by atoms with Crippen LogP contribution >= 0.6 is 27.5 Å². The Hall–Kier alpha value is -1.01. The SMILES string of the molecule is NNC(Cc1cccc(F)c1F)c1cc(Cl)ccc1Br. The quantitative estimate of drug-likeness (QED) is 0.635. The van der Waals surface area contributed by atoms with E-state index in [0.29, 0.717) is 5.02 Å². The third-order valence-electron chi connectivity index (χ3n) is 2.99. The number of benzene rings is 2. The molecule has 1 atom stereocenters. The summed E-state index contributed by atoms with van der Waals surface area (Å²) >= 11 is 9.35. The van der Waals surface area contributed by atoms with Gasteiger partial charge >= 0.3 is 0 Å². The highest BCUT2D eigenvalue weighted by molar-refractivity contribution is 9.10. The molecule has 0 spiro atoms. The zero-order valence-corrected chi connectivity index (χ0v) is 12.7. The van der Waals surface area contributed by atoms with E-state index in [4.69, 9.17) is 17.4 Å². The van der Waals surface area contributed by atoms with Crippen LogP contribution in [0.15, 0.2) is 40.9 Å². The maximum atomic E-state index is 13.7. The molecule has 0 aromatic heterocycles. The van der Waals surface area contributed by atoms with Gasteiger partial charge in [-0.25, -0.2) is 8.78 Å². The van der Waals surface area contributed by atoms with E-state index in [-0.39, 0.29) is 18.0 Å². The summed E-state index contributed by atoms with van der Waals surface area (Å²) in [4.78, 5) is 0. The van der Waals surface area contributed by atoms with E-state index >= 15 is 0 Å². The van der Waals surface area contributed by atoms with Gasteiger partial charge in [-0.3, -0.25) is 11.3 Å². The molecule has 2 rings (SSSR count). The topological polar surface area (TPSA) is 38.0 Å². The van der Waals surface area contributed by atoms with Crippen molar-refractivity contribution in [3.63, 3.8) is 0 Å². The van der Waals surface area contributed by atoms with E-state index in [9.17, 15) is 8.78 Å². The molecule has 2 aromatic rings. The minimum absolute atomic E-state index is 0.207. The van der Waals surface area contributed by atoms with Gasteiger partial charge in [0.05, 0.1) is 6.04 Å². The van der Waals surface area contributed by atoms with Crippen LogP contribution in [0.2, 0.25) is 5.02 Å². The molecule has 0 amide bonds. The molecule has 1 unspecified atom stereocenters. The minimum atomic E-state index is -0.872. The molecule has 0 aliphatic heterocycles. The van der Waals surface area contributed by atoms with Gasteiger partial charge in [-0.05, 0) is 41.8 Å². The fraction of sp³-hybridized carbons (Fsp3) is 0.143. The Labute approximate surface area is 129 Å². The fourth-order valence-electron chi connectivity index (χ4n) is 1.97. The molecule has 6 heteroatoms. The monoisotopic (exact) mass is 360 g/mol. The third-order valence-corrected chi connectivity index (χ3v) is 3.95. The van der Waals surface area contributed by atoms with Gasteiger partial charge < -0.3 is 0 Å². The van der Waals surface area contributed by atoms with Gasteiger partial charge in [0.25, 0.3) is 0 Å². The van der Waals surface area contributed by atoms with Crippen LogP contribution in [0.25, 0.3) is 0 Å². The van der Waals surface area contributed by atoms with Crippen molar-refractivity contribution in [1.82, 2.24) is 5.43 Å². The Morgan fingerprint density at radius 2 is 2.00 bits per heavy atom. The smallest absolute Gasteiger partial charge is 0.162 e. The minimum Gasteiger partial charge on any atom is -0.271 e. The lowest BCUT2D eigenvalue weighted by Gasteiger charge is -2.18. The predicted octanol–water partition coefficient (Wildman–Crippen LogP) is 4.13. The van der Waals surface area contributed by atoms with Crippen LogP contribution in [0.4, 0.5) is 8.78 Å².